The minimum absolute atomic E-state index is 0. The lowest BCUT2D eigenvalue weighted by Crippen LogP contribution is -2.05. The Labute approximate surface area is 151 Å². The van der Waals surface area contributed by atoms with E-state index in [1.165, 1.54) is 6.07 Å². The summed E-state index contributed by atoms with van der Waals surface area (Å²) >= 11 is 0. The summed E-state index contributed by atoms with van der Waals surface area (Å²) < 4.78 is 19.5. The molecule has 130 valence electrons. The molecule has 1 aliphatic rings. The first kappa shape index (κ1) is 18.6. The molecule has 3 rings (SSSR count). The third-order valence-corrected chi connectivity index (χ3v) is 3.64. The average Bonchev–Trinajstić information content (AvgIpc) is 3.15. The van der Waals surface area contributed by atoms with E-state index < -0.39 is 5.82 Å². The van der Waals surface area contributed by atoms with Gasteiger partial charge in [-0.2, -0.15) is 0 Å². The molecule has 7 heteroatoms. The first-order chi connectivity index (χ1) is 11.7. The summed E-state index contributed by atoms with van der Waals surface area (Å²) in [5.41, 5.74) is 2.21. The SMILES string of the molecule is CNCC#Cc1c(F)ccc2c1/C(=C/c1[nH]ccc1OC)C(=O)N2.Cl. The molecule has 0 spiro atoms. The molecule has 3 N–H and O–H groups in total. The van der Waals surface area contributed by atoms with Crippen LogP contribution in [0.25, 0.3) is 11.6 Å². The number of aromatic nitrogens is 1. The number of hydrogen-bond acceptors (Lipinski definition) is 3. The van der Waals surface area contributed by atoms with E-state index in [1.54, 1.807) is 38.6 Å². The van der Waals surface area contributed by atoms with Crippen molar-refractivity contribution in [1.82, 2.24) is 10.3 Å². The predicted molar refractivity (Wildman–Crippen MR) is 98.3 cm³/mol. The van der Waals surface area contributed by atoms with Crippen LogP contribution in [0.3, 0.4) is 0 Å². The molecule has 0 saturated carbocycles. The number of carbonyl (C=O) groups is 1. The number of aromatic amines is 1. The van der Waals surface area contributed by atoms with Crippen LogP contribution in [0.2, 0.25) is 0 Å². The lowest BCUT2D eigenvalue weighted by Gasteiger charge is -2.04. The van der Waals surface area contributed by atoms with Crippen molar-refractivity contribution in [2.24, 2.45) is 0 Å². The molecule has 2 heterocycles. The maximum absolute atomic E-state index is 14.3. The van der Waals surface area contributed by atoms with E-state index in [9.17, 15) is 9.18 Å². The molecule has 1 aromatic heterocycles. The Morgan fingerprint density at radius 1 is 1.36 bits per heavy atom. The van der Waals surface area contributed by atoms with Gasteiger partial charge in [-0.3, -0.25) is 4.79 Å². The van der Waals surface area contributed by atoms with E-state index in [2.05, 4.69) is 27.5 Å². The van der Waals surface area contributed by atoms with E-state index in [1.807, 2.05) is 0 Å². The number of fused-ring (bicyclic) bond motifs is 1. The largest absolute Gasteiger partial charge is 0.495 e. The third kappa shape index (κ3) is 3.53. The van der Waals surface area contributed by atoms with Crippen LogP contribution in [0.4, 0.5) is 10.1 Å². The maximum atomic E-state index is 14.3. The molecule has 1 amide bonds. The summed E-state index contributed by atoms with van der Waals surface area (Å²) in [7, 11) is 3.30. The van der Waals surface area contributed by atoms with Crippen LogP contribution in [0.5, 0.6) is 5.75 Å². The Morgan fingerprint density at radius 2 is 2.16 bits per heavy atom. The molecular formula is C18H17ClFN3O2. The molecule has 0 atom stereocenters. The molecule has 0 saturated heterocycles. The van der Waals surface area contributed by atoms with Crippen molar-refractivity contribution in [3.05, 3.63) is 47.0 Å². The zero-order chi connectivity index (χ0) is 17.1. The van der Waals surface area contributed by atoms with Gasteiger partial charge in [0.25, 0.3) is 5.91 Å². The number of rotatable bonds is 3. The summed E-state index contributed by atoms with van der Waals surface area (Å²) in [6.45, 7) is 0.425. The molecule has 0 bridgehead atoms. The normalized spacial score (nSPS) is 13.6. The van der Waals surface area contributed by atoms with Gasteiger partial charge in [-0.25, -0.2) is 4.39 Å². The van der Waals surface area contributed by atoms with Gasteiger partial charge in [0, 0.05) is 11.8 Å². The Morgan fingerprint density at radius 3 is 2.88 bits per heavy atom. The van der Waals surface area contributed by atoms with Crippen LogP contribution >= 0.6 is 12.4 Å². The van der Waals surface area contributed by atoms with Gasteiger partial charge in [0.15, 0.2) is 0 Å². The lowest BCUT2D eigenvalue weighted by atomic mass is 9.99. The number of H-pyrrole nitrogens is 1. The number of anilines is 1. The van der Waals surface area contributed by atoms with Gasteiger partial charge in [0.1, 0.15) is 11.6 Å². The molecule has 2 aromatic rings. The van der Waals surface area contributed by atoms with Gasteiger partial charge in [-0.05, 0) is 31.3 Å². The zero-order valence-electron chi connectivity index (χ0n) is 13.7. The van der Waals surface area contributed by atoms with Crippen molar-refractivity contribution in [2.75, 3.05) is 26.0 Å². The number of halogens is 2. The maximum Gasteiger partial charge on any atom is 0.256 e. The molecule has 5 nitrogen and oxygen atoms in total. The summed E-state index contributed by atoms with van der Waals surface area (Å²) in [5.74, 6) is 5.49. The van der Waals surface area contributed by atoms with E-state index in [4.69, 9.17) is 4.74 Å². The van der Waals surface area contributed by atoms with Crippen molar-refractivity contribution < 1.29 is 13.9 Å². The average molecular weight is 362 g/mol. The molecule has 0 aliphatic carbocycles. The number of benzene rings is 1. The molecule has 1 aromatic carbocycles. The monoisotopic (exact) mass is 361 g/mol. The van der Waals surface area contributed by atoms with Crippen LogP contribution in [-0.2, 0) is 4.79 Å². The summed E-state index contributed by atoms with van der Waals surface area (Å²) in [6.07, 6.45) is 3.35. The fraction of sp³-hybridized carbons (Fsp3) is 0.167. The number of ether oxygens (including phenoxy) is 1. The van der Waals surface area contributed by atoms with Crippen molar-refractivity contribution >= 4 is 35.7 Å². The molecule has 0 fully saturated rings. The van der Waals surface area contributed by atoms with Gasteiger partial charge in [-0.15, -0.1) is 12.4 Å². The summed E-state index contributed by atoms with van der Waals surface area (Å²) in [5, 5.41) is 5.63. The van der Waals surface area contributed by atoms with Gasteiger partial charge < -0.3 is 20.4 Å². The number of hydrogen-bond donors (Lipinski definition) is 3. The number of nitrogens with one attached hydrogen (secondary N) is 3. The second kappa shape index (κ2) is 7.88. The molecule has 1 aliphatic heterocycles. The topological polar surface area (TPSA) is 66.1 Å². The van der Waals surface area contributed by atoms with Crippen LogP contribution in [-0.4, -0.2) is 31.6 Å². The molecule has 25 heavy (non-hydrogen) atoms. The van der Waals surface area contributed by atoms with Crippen LogP contribution in [0.15, 0.2) is 24.4 Å². The molecule has 0 radical (unpaired) electrons. The smallest absolute Gasteiger partial charge is 0.256 e. The van der Waals surface area contributed by atoms with E-state index in [0.29, 0.717) is 34.8 Å². The molecular weight excluding hydrogens is 345 g/mol. The number of methoxy groups -OCH3 is 1. The summed E-state index contributed by atoms with van der Waals surface area (Å²) in [4.78, 5) is 15.3. The van der Waals surface area contributed by atoms with Gasteiger partial charge in [0.2, 0.25) is 0 Å². The Balaban J connectivity index is 0.00000225. The van der Waals surface area contributed by atoms with Crippen LogP contribution in [0.1, 0.15) is 16.8 Å². The Hall–Kier alpha value is -2.75. The zero-order valence-corrected chi connectivity index (χ0v) is 14.5. The Bertz CT molecular complexity index is 893. The lowest BCUT2D eigenvalue weighted by molar-refractivity contribution is -0.110. The fourth-order valence-electron chi connectivity index (χ4n) is 2.55. The van der Waals surface area contributed by atoms with Gasteiger partial charge >= 0.3 is 0 Å². The van der Waals surface area contributed by atoms with Gasteiger partial charge in [-0.1, -0.05) is 11.8 Å². The van der Waals surface area contributed by atoms with Crippen molar-refractivity contribution in [3.8, 4) is 17.6 Å². The first-order valence-corrected chi connectivity index (χ1v) is 7.36. The predicted octanol–water partition coefficient (Wildman–Crippen LogP) is 2.65. The van der Waals surface area contributed by atoms with E-state index >= 15 is 0 Å². The van der Waals surface area contributed by atoms with Crippen molar-refractivity contribution in [1.29, 1.82) is 0 Å². The quantitative estimate of drug-likeness (QED) is 0.581. The second-order valence-corrected chi connectivity index (χ2v) is 5.15. The first-order valence-electron chi connectivity index (χ1n) is 7.36. The summed E-state index contributed by atoms with van der Waals surface area (Å²) in [6, 6.07) is 4.60. The van der Waals surface area contributed by atoms with Crippen LogP contribution < -0.4 is 15.4 Å². The van der Waals surface area contributed by atoms with Crippen molar-refractivity contribution in [2.45, 2.75) is 0 Å². The van der Waals surface area contributed by atoms with E-state index in [0.717, 1.165) is 0 Å². The number of amides is 1. The highest BCUT2D eigenvalue weighted by Crippen LogP contribution is 2.37. The highest BCUT2D eigenvalue weighted by molar-refractivity contribution is 6.35. The minimum atomic E-state index is -0.460. The highest BCUT2D eigenvalue weighted by Gasteiger charge is 2.28. The standard InChI is InChI=1S/C18H16FN3O2.ClH/c1-20-8-3-4-11-13(19)5-6-14-17(11)12(18(23)22-14)10-15-16(24-2)7-9-21-15;/h5-7,9-10,20-21H,8H2,1-2H3,(H,22,23);1H/b12-10-;. The number of carbonyl (C=O) groups excluding carboxylic acids is 1. The third-order valence-electron chi connectivity index (χ3n) is 3.64. The minimum Gasteiger partial charge on any atom is -0.495 e. The van der Waals surface area contributed by atoms with Crippen LogP contribution in [0, 0.1) is 17.7 Å². The fourth-order valence-corrected chi connectivity index (χ4v) is 2.55. The van der Waals surface area contributed by atoms with Gasteiger partial charge in [0.05, 0.1) is 36.2 Å². The Kier molecular flexibility index (Phi) is 5.86. The van der Waals surface area contributed by atoms with Crippen molar-refractivity contribution in [3.63, 3.8) is 0 Å². The highest BCUT2D eigenvalue weighted by atomic mass is 35.5. The second-order valence-electron chi connectivity index (χ2n) is 5.15. The molecule has 0 unspecified atom stereocenters. The van der Waals surface area contributed by atoms with E-state index in [-0.39, 0.29) is 23.9 Å².